The Morgan fingerprint density at radius 1 is 1.16 bits per heavy atom. The van der Waals surface area contributed by atoms with Gasteiger partial charge in [0.05, 0.1) is 18.7 Å². The van der Waals surface area contributed by atoms with E-state index in [4.69, 9.17) is 4.74 Å². The van der Waals surface area contributed by atoms with Crippen molar-refractivity contribution in [1.82, 2.24) is 14.4 Å². The van der Waals surface area contributed by atoms with E-state index in [1.54, 1.807) is 12.7 Å². The van der Waals surface area contributed by atoms with Gasteiger partial charge in [0.25, 0.3) is 0 Å². The number of nitrogens with zero attached hydrogens (tertiary/aromatic N) is 3. The number of carbonyl (C=O) groups excluding carboxylic acids is 1. The normalized spacial score (nSPS) is 29.9. The molecule has 0 N–H and O–H groups in total. The number of methoxy groups -OCH3 is 1. The Bertz CT molecular complexity index is 1040. The van der Waals surface area contributed by atoms with Gasteiger partial charge >= 0.3 is 0 Å². The highest BCUT2D eigenvalue weighted by atomic mass is 16.5. The average Bonchev–Trinajstić information content (AvgIpc) is 3.25. The van der Waals surface area contributed by atoms with Gasteiger partial charge in [0.2, 0.25) is 5.91 Å². The number of benzene rings is 1. The van der Waals surface area contributed by atoms with Crippen LogP contribution in [-0.2, 0) is 11.3 Å². The van der Waals surface area contributed by atoms with E-state index in [1.807, 2.05) is 12.1 Å². The lowest BCUT2D eigenvalue weighted by Gasteiger charge is -2.54. The Morgan fingerprint density at radius 3 is 3.00 bits per heavy atom. The first-order valence-electron chi connectivity index (χ1n) is 12.6. The van der Waals surface area contributed by atoms with E-state index < -0.39 is 0 Å². The lowest BCUT2D eigenvalue weighted by Crippen LogP contribution is -2.60. The molecule has 1 aromatic heterocycles. The standard InChI is InChI=1S/C27H35N3O2/c1-32-25-9-4-8-24-22(25)10-14-28(24)15-11-26(31)30-13-5-6-19-16-20-17-21(27(19)30)18-29-12-3-2-7-23(20)29/h4,8-10,14,16,20-21,23,27H,2-3,5-7,11-13,15,17-18H2,1H3/t20-,21+,23-,27-/m0/s1. The molecule has 3 saturated heterocycles. The minimum atomic E-state index is 0.324. The molecule has 0 saturated carbocycles. The summed E-state index contributed by atoms with van der Waals surface area (Å²) < 4.78 is 7.70. The molecule has 5 nitrogen and oxygen atoms in total. The van der Waals surface area contributed by atoms with Crippen molar-refractivity contribution in [3.05, 3.63) is 42.1 Å². The van der Waals surface area contributed by atoms with Gasteiger partial charge < -0.3 is 14.2 Å². The van der Waals surface area contributed by atoms with E-state index in [0.29, 0.717) is 24.3 Å². The van der Waals surface area contributed by atoms with Crippen molar-refractivity contribution in [2.45, 2.75) is 63.6 Å². The largest absolute Gasteiger partial charge is 0.496 e. The predicted molar refractivity (Wildman–Crippen MR) is 127 cm³/mol. The molecule has 3 aliphatic heterocycles. The van der Waals surface area contributed by atoms with Gasteiger partial charge in [-0.15, -0.1) is 0 Å². The molecule has 1 aromatic carbocycles. The van der Waals surface area contributed by atoms with Crippen molar-refractivity contribution in [2.75, 3.05) is 26.7 Å². The molecular formula is C27H35N3O2. The molecule has 1 amide bonds. The third-order valence-electron chi connectivity index (χ3n) is 8.54. The zero-order chi connectivity index (χ0) is 21.7. The van der Waals surface area contributed by atoms with Crippen LogP contribution >= 0.6 is 0 Å². The summed E-state index contributed by atoms with van der Waals surface area (Å²) in [4.78, 5) is 18.5. The van der Waals surface area contributed by atoms with Gasteiger partial charge in [0, 0.05) is 43.7 Å². The molecule has 4 heterocycles. The molecule has 4 aliphatic rings. The smallest absolute Gasteiger partial charge is 0.224 e. The summed E-state index contributed by atoms with van der Waals surface area (Å²) >= 11 is 0. The quantitative estimate of drug-likeness (QED) is 0.668. The Hall–Kier alpha value is -2.27. The maximum absolute atomic E-state index is 13.5. The van der Waals surface area contributed by atoms with Crippen LogP contribution in [0.1, 0.15) is 44.9 Å². The second-order valence-electron chi connectivity index (χ2n) is 10.2. The van der Waals surface area contributed by atoms with Crippen LogP contribution in [0.4, 0.5) is 0 Å². The van der Waals surface area contributed by atoms with E-state index in [0.717, 1.165) is 48.1 Å². The van der Waals surface area contributed by atoms with Gasteiger partial charge in [-0.1, -0.05) is 24.1 Å². The van der Waals surface area contributed by atoms with Crippen LogP contribution < -0.4 is 4.74 Å². The van der Waals surface area contributed by atoms with Crippen molar-refractivity contribution in [2.24, 2.45) is 11.8 Å². The highest BCUT2D eigenvalue weighted by Gasteiger charge is 2.46. The number of rotatable bonds is 4. The number of hydrogen-bond donors (Lipinski definition) is 0. The molecule has 3 fully saturated rings. The first-order chi connectivity index (χ1) is 15.7. The zero-order valence-electron chi connectivity index (χ0n) is 19.2. The van der Waals surface area contributed by atoms with Crippen LogP contribution in [0.2, 0.25) is 0 Å². The number of fused-ring (bicyclic) bond motifs is 7. The molecule has 4 atom stereocenters. The Labute approximate surface area is 191 Å². The highest BCUT2D eigenvalue weighted by Crippen LogP contribution is 2.45. The average molecular weight is 434 g/mol. The summed E-state index contributed by atoms with van der Waals surface area (Å²) in [6.07, 6.45) is 12.9. The number of carbonyl (C=O) groups is 1. The molecule has 0 unspecified atom stereocenters. The summed E-state index contributed by atoms with van der Waals surface area (Å²) in [5, 5.41) is 1.11. The van der Waals surface area contributed by atoms with Crippen molar-refractivity contribution in [3.63, 3.8) is 0 Å². The fraction of sp³-hybridized carbons (Fsp3) is 0.593. The number of piperidine rings is 3. The molecule has 32 heavy (non-hydrogen) atoms. The maximum Gasteiger partial charge on any atom is 0.224 e. The number of hydrogen-bond acceptors (Lipinski definition) is 3. The first-order valence-corrected chi connectivity index (χ1v) is 12.6. The van der Waals surface area contributed by atoms with Crippen molar-refractivity contribution in [3.8, 4) is 5.75 Å². The van der Waals surface area contributed by atoms with Crippen molar-refractivity contribution < 1.29 is 9.53 Å². The Balaban J connectivity index is 1.20. The molecule has 2 aromatic rings. The van der Waals surface area contributed by atoms with Crippen LogP contribution in [0.15, 0.2) is 42.1 Å². The SMILES string of the molecule is COc1cccc2c1ccn2CCC(=O)N1CCCC2=C[C@H]3C[C@H](CN4CCCC[C@@H]34)[C@H]21. The molecule has 2 bridgehead atoms. The van der Waals surface area contributed by atoms with Crippen LogP contribution in [0, 0.1) is 11.8 Å². The molecule has 0 radical (unpaired) electrons. The van der Waals surface area contributed by atoms with Gasteiger partial charge in [-0.2, -0.15) is 0 Å². The third-order valence-corrected chi connectivity index (χ3v) is 8.54. The van der Waals surface area contributed by atoms with Gasteiger partial charge in [-0.3, -0.25) is 9.69 Å². The number of aromatic nitrogens is 1. The van der Waals surface area contributed by atoms with Crippen LogP contribution in [0.5, 0.6) is 5.75 Å². The zero-order valence-corrected chi connectivity index (χ0v) is 19.2. The van der Waals surface area contributed by atoms with E-state index in [9.17, 15) is 4.79 Å². The lowest BCUT2D eigenvalue weighted by atomic mass is 9.68. The van der Waals surface area contributed by atoms with E-state index >= 15 is 0 Å². The lowest BCUT2D eigenvalue weighted by molar-refractivity contribution is -0.136. The fourth-order valence-electron chi connectivity index (χ4n) is 7.18. The number of likely N-dealkylation sites (tertiary alicyclic amines) is 1. The molecule has 5 heteroatoms. The molecular weight excluding hydrogens is 398 g/mol. The van der Waals surface area contributed by atoms with E-state index in [2.05, 4.69) is 38.8 Å². The first kappa shape index (κ1) is 20.3. The Morgan fingerprint density at radius 2 is 2.09 bits per heavy atom. The molecule has 170 valence electrons. The van der Waals surface area contributed by atoms with Crippen molar-refractivity contribution in [1.29, 1.82) is 0 Å². The summed E-state index contributed by atoms with van der Waals surface area (Å²) in [7, 11) is 1.71. The highest BCUT2D eigenvalue weighted by molar-refractivity contribution is 5.86. The second kappa shape index (κ2) is 8.26. The molecule has 1 aliphatic carbocycles. The summed E-state index contributed by atoms with van der Waals surface area (Å²) in [5.74, 6) is 2.56. The van der Waals surface area contributed by atoms with Crippen LogP contribution in [0.25, 0.3) is 10.9 Å². The maximum atomic E-state index is 13.5. The van der Waals surface area contributed by atoms with E-state index in [1.165, 1.54) is 45.2 Å². The van der Waals surface area contributed by atoms with Crippen molar-refractivity contribution >= 4 is 16.8 Å². The second-order valence-corrected chi connectivity index (χ2v) is 10.2. The number of ether oxygens (including phenoxy) is 1. The minimum Gasteiger partial charge on any atom is -0.496 e. The summed E-state index contributed by atoms with van der Waals surface area (Å²) in [6.45, 7) is 4.09. The van der Waals surface area contributed by atoms with Gasteiger partial charge in [0.15, 0.2) is 0 Å². The van der Waals surface area contributed by atoms with Gasteiger partial charge in [-0.05, 0) is 68.7 Å². The fourth-order valence-corrected chi connectivity index (χ4v) is 7.18. The summed E-state index contributed by atoms with van der Waals surface area (Å²) in [5.41, 5.74) is 2.72. The van der Waals surface area contributed by atoms with Gasteiger partial charge in [0.1, 0.15) is 5.75 Å². The monoisotopic (exact) mass is 433 g/mol. The summed E-state index contributed by atoms with van der Waals surface area (Å²) in [6, 6.07) is 9.33. The molecule has 0 spiro atoms. The van der Waals surface area contributed by atoms with E-state index in [-0.39, 0.29) is 0 Å². The van der Waals surface area contributed by atoms with Crippen LogP contribution in [0.3, 0.4) is 0 Å². The van der Waals surface area contributed by atoms with Gasteiger partial charge in [-0.25, -0.2) is 0 Å². The Kier molecular flexibility index (Phi) is 5.25. The predicted octanol–water partition coefficient (Wildman–Crippen LogP) is 4.46. The number of amides is 1. The third kappa shape index (κ3) is 3.37. The molecule has 6 rings (SSSR count). The minimum absolute atomic E-state index is 0.324. The number of aryl methyl sites for hydroxylation is 1. The van der Waals surface area contributed by atoms with Crippen LogP contribution in [-0.4, -0.2) is 59.1 Å². The topological polar surface area (TPSA) is 37.7 Å².